The summed E-state index contributed by atoms with van der Waals surface area (Å²) in [6, 6.07) is 11.8. The maximum Gasteiger partial charge on any atom is 0.311 e. The molecule has 0 N–H and O–H groups in total. The average molecular weight is 346 g/mol. The molecule has 0 bridgehead atoms. The van der Waals surface area contributed by atoms with Crippen LogP contribution < -0.4 is 4.74 Å². The molecule has 0 atom stereocenters. The van der Waals surface area contributed by atoms with Gasteiger partial charge in [-0.2, -0.15) is 4.98 Å². The van der Waals surface area contributed by atoms with Crippen molar-refractivity contribution in [3.8, 4) is 17.1 Å². The molecule has 3 aromatic rings. The summed E-state index contributed by atoms with van der Waals surface area (Å²) in [5.41, 5.74) is 1.30. The van der Waals surface area contributed by atoms with Gasteiger partial charge in [0.25, 0.3) is 5.89 Å². The maximum atomic E-state index is 11.1. The van der Waals surface area contributed by atoms with Crippen LogP contribution in [0.1, 0.15) is 11.5 Å². The molecule has 0 radical (unpaired) electrons. The van der Waals surface area contributed by atoms with Gasteiger partial charge in [0, 0.05) is 11.6 Å². The largest absolute Gasteiger partial charge is 0.477 e. The lowest BCUT2D eigenvalue weighted by molar-refractivity contribution is -0.386. The van der Waals surface area contributed by atoms with Crippen LogP contribution in [0.4, 0.5) is 5.69 Å². The number of halogens is 1. The third-order valence-electron chi connectivity index (χ3n) is 3.25. The smallest absolute Gasteiger partial charge is 0.311 e. The third kappa shape index (κ3) is 3.36. The van der Waals surface area contributed by atoms with Crippen molar-refractivity contribution < 1.29 is 14.2 Å². The first-order chi connectivity index (χ1) is 11.5. The van der Waals surface area contributed by atoms with Gasteiger partial charge in [0.15, 0.2) is 12.4 Å². The Kier molecular flexibility index (Phi) is 4.43. The van der Waals surface area contributed by atoms with Crippen LogP contribution >= 0.6 is 11.6 Å². The van der Waals surface area contributed by atoms with Gasteiger partial charge in [0.05, 0.1) is 9.95 Å². The third-order valence-corrected chi connectivity index (χ3v) is 3.57. The summed E-state index contributed by atoms with van der Waals surface area (Å²) in [4.78, 5) is 14.8. The second kappa shape index (κ2) is 6.67. The molecule has 1 heterocycles. The van der Waals surface area contributed by atoms with Crippen molar-refractivity contribution in [1.29, 1.82) is 0 Å². The van der Waals surface area contributed by atoms with Crippen LogP contribution in [-0.4, -0.2) is 15.1 Å². The van der Waals surface area contributed by atoms with E-state index in [1.54, 1.807) is 37.3 Å². The van der Waals surface area contributed by atoms with Crippen molar-refractivity contribution in [2.75, 3.05) is 0 Å². The Morgan fingerprint density at radius 2 is 2.08 bits per heavy atom. The maximum absolute atomic E-state index is 11.1. The zero-order valence-corrected chi connectivity index (χ0v) is 13.4. The molecule has 1 aromatic heterocycles. The number of nitro benzene ring substituents is 1. The summed E-state index contributed by atoms with van der Waals surface area (Å²) in [6.07, 6.45) is 0. The molecule has 0 unspecified atom stereocenters. The van der Waals surface area contributed by atoms with Crippen molar-refractivity contribution in [3.63, 3.8) is 0 Å². The Hall–Kier alpha value is -2.93. The quantitative estimate of drug-likeness (QED) is 0.508. The molecule has 122 valence electrons. The molecule has 0 amide bonds. The van der Waals surface area contributed by atoms with E-state index < -0.39 is 4.92 Å². The molecular weight excluding hydrogens is 334 g/mol. The Morgan fingerprint density at radius 3 is 2.83 bits per heavy atom. The van der Waals surface area contributed by atoms with Gasteiger partial charge in [-0.05, 0) is 30.7 Å². The first kappa shape index (κ1) is 15.9. The number of ether oxygens (including phenoxy) is 1. The van der Waals surface area contributed by atoms with Crippen molar-refractivity contribution >= 4 is 17.3 Å². The summed E-state index contributed by atoms with van der Waals surface area (Å²) in [5, 5.41) is 15.4. The van der Waals surface area contributed by atoms with Gasteiger partial charge in [0.2, 0.25) is 5.82 Å². The Balaban J connectivity index is 1.77. The Labute approximate surface area is 142 Å². The predicted molar refractivity (Wildman–Crippen MR) is 86.9 cm³/mol. The van der Waals surface area contributed by atoms with Crippen LogP contribution in [0, 0.1) is 17.0 Å². The minimum absolute atomic E-state index is 0.0820. The number of benzene rings is 2. The summed E-state index contributed by atoms with van der Waals surface area (Å²) >= 11 is 6.08. The van der Waals surface area contributed by atoms with Crippen LogP contribution in [0.3, 0.4) is 0 Å². The zero-order chi connectivity index (χ0) is 17.1. The van der Waals surface area contributed by atoms with E-state index >= 15 is 0 Å². The number of nitrogens with zero attached hydrogens (tertiary/aromatic N) is 3. The van der Waals surface area contributed by atoms with E-state index in [2.05, 4.69) is 10.1 Å². The van der Waals surface area contributed by atoms with Crippen molar-refractivity contribution in [3.05, 3.63) is 69.1 Å². The molecule has 0 saturated carbocycles. The second-order valence-electron chi connectivity index (χ2n) is 5.01. The fraction of sp³-hybridized carbons (Fsp3) is 0.125. The van der Waals surface area contributed by atoms with Crippen molar-refractivity contribution in [1.82, 2.24) is 10.1 Å². The van der Waals surface area contributed by atoms with Gasteiger partial charge in [-0.1, -0.05) is 35.0 Å². The van der Waals surface area contributed by atoms with Crippen molar-refractivity contribution in [2.45, 2.75) is 13.5 Å². The Morgan fingerprint density at radius 1 is 1.29 bits per heavy atom. The molecule has 0 aliphatic carbocycles. The summed E-state index contributed by atoms with van der Waals surface area (Å²) in [7, 11) is 0. The van der Waals surface area contributed by atoms with E-state index in [-0.39, 0.29) is 23.9 Å². The van der Waals surface area contributed by atoms with Crippen LogP contribution in [0.15, 0.2) is 47.0 Å². The van der Waals surface area contributed by atoms with E-state index in [0.717, 1.165) is 5.56 Å². The highest BCUT2D eigenvalue weighted by Crippen LogP contribution is 2.29. The molecule has 0 fully saturated rings. The minimum atomic E-state index is -0.495. The van der Waals surface area contributed by atoms with Gasteiger partial charge in [-0.3, -0.25) is 10.1 Å². The zero-order valence-electron chi connectivity index (χ0n) is 12.6. The molecule has 0 spiro atoms. The number of hydrogen-bond acceptors (Lipinski definition) is 6. The number of nitro groups is 1. The van der Waals surface area contributed by atoms with Gasteiger partial charge < -0.3 is 9.26 Å². The predicted octanol–water partition coefficient (Wildman–Crippen LogP) is 4.19. The second-order valence-corrected chi connectivity index (χ2v) is 5.42. The topological polar surface area (TPSA) is 91.3 Å². The lowest BCUT2D eigenvalue weighted by Gasteiger charge is -2.04. The van der Waals surface area contributed by atoms with Gasteiger partial charge >= 0.3 is 5.69 Å². The summed E-state index contributed by atoms with van der Waals surface area (Å²) in [5.74, 6) is 0.667. The highest BCUT2D eigenvalue weighted by molar-refractivity contribution is 6.33. The monoisotopic (exact) mass is 345 g/mol. The first-order valence-corrected chi connectivity index (χ1v) is 7.37. The standard InChI is InChI=1S/C16H12ClN3O4/c1-10-6-7-14(13(8-10)20(21)22)23-9-15-18-16(19-24-15)11-4-2-3-5-12(11)17/h2-8H,9H2,1H3. The molecule has 0 saturated heterocycles. The highest BCUT2D eigenvalue weighted by atomic mass is 35.5. The molecule has 3 rings (SSSR count). The van der Waals surface area contributed by atoms with E-state index in [0.29, 0.717) is 16.4 Å². The normalized spacial score (nSPS) is 10.6. The molecule has 0 aliphatic heterocycles. The van der Waals surface area contributed by atoms with E-state index in [1.165, 1.54) is 6.07 Å². The lowest BCUT2D eigenvalue weighted by atomic mass is 10.2. The van der Waals surface area contributed by atoms with E-state index in [9.17, 15) is 10.1 Å². The number of aromatic nitrogens is 2. The van der Waals surface area contributed by atoms with E-state index in [1.807, 2.05) is 6.07 Å². The number of hydrogen-bond donors (Lipinski definition) is 0. The molecule has 0 aliphatic rings. The van der Waals surface area contributed by atoms with Crippen LogP contribution in [0.5, 0.6) is 5.75 Å². The fourth-order valence-electron chi connectivity index (χ4n) is 2.10. The highest BCUT2D eigenvalue weighted by Gasteiger charge is 2.17. The Bertz CT molecular complexity index is 895. The van der Waals surface area contributed by atoms with Crippen LogP contribution in [-0.2, 0) is 6.61 Å². The van der Waals surface area contributed by atoms with Gasteiger partial charge in [0.1, 0.15) is 0 Å². The van der Waals surface area contributed by atoms with Crippen LogP contribution in [0.2, 0.25) is 5.02 Å². The molecule has 7 nitrogen and oxygen atoms in total. The van der Waals surface area contributed by atoms with Crippen LogP contribution in [0.25, 0.3) is 11.4 Å². The number of rotatable bonds is 5. The average Bonchev–Trinajstić information content (AvgIpc) is 3.02. The van der Waals surface area contributed by atoms with Gasteiger partial charge in [-0.25, -0.2) is 0 Å². The first-order valence-electron chi connectivity index (χ1n) is 7.00. The molecular formula is C16H12ClN3O4. The summed E-state index contributed by atoms with van der Waals surface area (Å²) < 4.78 is 10.6. The number of aryl methyl sites for hydroxylation is 1. The summed E-state index contributed by atoms with van der Waals surface area (Å²) in [6.45, 7) is 1.69. The SMILES string of the molecule is Cc1ccc(OCc2nc(-c3ccccc3Cl)no2)c([N+](=O)[O-])c1. The van der Waals surface area contributed by atoms with E-state index in [4.69, 9.17) is 20.9 Å². The molecule has 2 aromatic carbocycles. The lowest BCUT2D eigenvalue weighted by Crippen LogP contribution is -1.99. The van der Waals surface area contributed by atoms with Gasteiger partial charge in [-0.15, -0.1) is 0 Å². The minimum Gasteiger partial charge on any atom is -0.477 e. The molecule has 8 heteroatoms. The fourth-order valence-corrected chi connectivity index (χ4v) is 2.32. The van der Waals surface area contributed by atoms with Crippen molar-refractivity contribution in [2.24, 2.45) is 0 Å². The molecule has 24 heavy (non-hydrogen) atoms.